The lowest BCUT2D eigenvalue weighted by atomic mass is 10.1. The number of hydrogen-bond donors (Lipinski definition) is 1. The molecule has 0 saturated heterocycles. The van der Waals surface area contributed by atoms with Gasteiger partial charge in [0.25, 0.3) is 0 Å². The lowest BCUT2D eigenvalue weighted by molar-refractivity contribution is 0.590. The predicted octanol–water partition coefficient (Wildman–Crippen LogP) is 3.84. The van der Waals surface area contributed by atoms with Crippen LogP contribution in [-0.2, 0) is 6.42 Å². The Hall–Kier alpha value is -2.43. The second-order valence-corrected chi connectivity index (χ2v) is 4.98. The van der Waals surface area contributed by atoms with E-state index in [4.69, 9.17) is 5.73 Å². The maximum atomic E-state index is 13.7. The van der Waals surface area contributed by atoms with E-state index >= 15 is 0 Å². The number of benzene rings is 2. The molecule has 0 amide bonds. The van der Waals surface area contributed by atoms with Gasteiger partial charge < -0.3 is 5.73 Å². The van der Waals surface area contributed by atoms with E-state index in [1.807, 2.05) is 24.3 Å². The number of aryl methyl sites for hydroxylation is 1. The van der Waals surface area contributed by atoms with Gasteiger partial charge in [0.05, 0.1) is 5.52 Å². The zero-order valence-electron chi connectivity index (χ0n) is 11.6. The maximum absolute atomic E-state index is 13.7. The molecule has 3 rings (SSSR count). The van der Waals surface area contributed by atoms with Crippen LogP contribution in [0.4, 0.5) is 14.7 Å². The van der Waals surface area contributed by atoms with Gasteiger partial charge in [-0.05, 0) is 24.1 Å². The van der Waals surface area contributed by atoms with Gasteiger partial charge in [-0.25, -0.2) is 13.8 Å². The van der Waals surface area contributed by atoms with E-state index in [1.54, 1.807) is 4.57 Å². The molecular formula is C16H15F2N3. The molecule has 3 nitrogen and oxygen atoms in total. The summed E-state index contributed by atoms with van der Waals surface area (Å²) < 4.78 is 28.7. The Labute approximate surface area is 121 Å². The minimum Gasteiger partial charge on any atom is -0.369 e. The summed E-state index contributed by atoms with van der Waals surface area (Å²) in [6.07, 6.45) is 2.05. The highest BCUT2D eigenvalue weighted by Crippen LogP contribution is 2.26. The van der Waals surface area contributed by atoms with Crippen LogP contribution in [0.5, 0.6) is 0 Å². The first kappa shape index (κ1) is 13.5. The molecule has 0 saturated carbocycles. The molecule has 5 heteroatoms. The summed E-state index contributed by atoms with van der Waals surface area (Å²) in [6, 6.07) is 9.78. The van der Waals surface area contributed by atoms with Crippen molar-refractivity contribution >= 4 is 17.0 Å². The molecule has 0 aliphatic heterocycles. The van der Waals surface area contributed by atoms with Crippen LogP contribution >= 0.6 is 0 Å². The Morgan fingerprint density at radius 1 is 1.14 bits per heavy atom. The molecule has 0 unspecified atom stereocenters. The molecule has 1 heterocycles. The average molecular weight is 287 g/mol. The zero-order valence-corrected chi connectivity index (χ0v) is 11.6. The number of halogens is 2. The van der Waals surface area contributed by atoms with Gasteiger partial charge in [-0.2, -0.15) is 0 Å². The molecule has 0 aliphatic carbocycles. The smallest absolute Gasteiger partial charge is 0.206 e. The third kappa shape index (κ3) is 2.35. The second kappa shape index (κ2) is 5.16. The molecule has 108 valence electrons. The van der Waals surface area contributed by atoms with E-state index in [9.17, 15) is 8.78 Å². The van der Waals surface area contributed by atoms with E-state index in [-0.39, 0.29) is 11.5 Å². The Morgan fingerprint density at radius 2 is 1.86 bits per heavy atom. The molecule has 0 atom stereocenters. The van der Waals surface area contributed by atoms with Crippen LogP contribution < -0.4 is 5.73 Å². The molecule has 0 aliphatic rings. The fraction of sp³-hybridized carbons (Fsp3) is 0.188. The number of aromatic nitrogens is 2. The van der Waals surface area contributed by atoms with Crippen LogP contribution in [0.25, 0.3) is 16.7 Å². The summed E-state index contributed by atoms with van der Waals surface area (Å²) >= 11 is 0. The van der Waals surface area contributed by atoms with E-state index in [0.29, 0.717) is 5.52 Å². The van der Waals surface area contributed by atoms with Crippen molar-refractivity contribution < 1.29 is 8.78 Å². The zero-order chi connectivity index (χ0) is 15.0. The van der Waals surface area contributed by atoms with Crippen molar-refractivity contribution in [1.82, 2.24) is 9.55 Å². The number of hydrogen-bond acceptors (Lipinski definition) is 2. The third-order valence-electron chi connectivity index (χ3n) is 3.44. The van der Waals surface area contributed by atoms with Crippen LogP contribution in [0, 0.1) is 11.6 Å². The monoisotopic (exact) mass is 287 g/mol. The highest BCUT2D eigenvalue weighted by Gasteiger charge is 2.15. The number of nitrogens with two attached hydrogens (primary N) is 1. The molecule has 21 heavy (non-hydrogen) atoms. The van der Waals surface area contributed by atoms with Crippen molar-refractivity contribution in [2.75, 3.05) is 5.73 Å². The summed E-state index contributed by atoms with van der Waals surface area (Å²) in [6.45, 7) is 2.11. The van der Waals surface area contributed by atoms with Gasteiger partial charge in [0.15, 0.2) is 5.82 Å². The van der Waals surface area contributed by atoms with E-state index < -0.39 is 11.6 Å². The molecule has 0 radical (unpaired) electrons. The van der Waals surface area contributed by atoms with Crippen molar-refractivity contribution in [3.63, 3.8) is 0 Å². The molecule has 3 aromatic rings. The first-order valence-corrected chi connectivity index (χ1v) is 6.82. The Balaban J connectivity index is 2.17. The maximum Gasteiger partial charge on any atom is 0.206 e. The summed E-state index contributed by atoms with van der Waals surface area (Å²) in [4.78, 5) is 3.99. The third-order valence-corrected chi connectivity index (χ3v) is 3.44. The fourth-order valence-electron chi connectivity index (χ4n) is 2.49. The Morgan fingerprint density at radius 3 is 2.52 bits per heavy atom. The predicted molar refractivity (Wildman–Crippen MR) is 79.4 cm³/mol. The molecule has 0 spiro atoms. The summed E-state index contributed by atoms with van der Waals surface area (Å²) in [5, 5.41) is 0. The summed E-state index contributed by atoms with van der Waals surface area (Å²) in [7, 11) is 0. The SMILES string of the molecule is CCCc1ccc(-n2c(N)nc3c(F)cc(F)cc32)cc1. The number of nitrogens with zero attached hydrogens (tertiary/aromatic N) is 2. The van der Waals surface area contributed by atoms with Crippen molar-refractivity contribution in [2.45, 2.75) is 19.8 Å². The van der Waals surface area contributed by atoms with Gasteiger partial charge in [0.2, 0.25) is 5.95 Å². The number of imidazole rings is 1. The molecule has 0 bridgehead atoms. The van der Waals surface area contributed by atoms with Gasteiger partial charge in [0, 0.05) is 17.8 Å². The highest BCUT2D eigenvalue weighted by molar-refractivity contribution is 5.81. The van der Waals surface area contributed by atoms with Gasteiger partial charge in [-0.3, -0.25) is 4.57 Å². The standard InChI is InChI=1S/C16H15F2N3/c1-2-3-10-4-6-12(7-5-10)21-14-9-11(17)8-13(18)15(14)20-16(21)19/h4-9H,2-3H2,1H3,(H2,19,20). The van der Waals surface area contributed by atoms with Gasteiger partial charge in [-0.1, -0.05) is 25.5 Å². The number of anilines is 1. The Kier molecular flexibility index (Phi) is 3.33. The number of rotatable bonds is 3. The van der Waals surface area contributed by atoms with Crippen LogP contribution in [0.1, 0.15) is 18.9 Å². The number of fused-ring (bicyclic) bond motifs is 1. The summed E-state index contributed by atoms with van der Waals surface area (Å²) in [5.41, 5.74) is 8.21. The van der Waals surface area contributed by atoms with E-state index in [0.717, 1.165) is 24.6 Å². The number of nitrogen functional groups attached to an aromatic ring is 1. The first-order chi connectivity index (χ1) is 10.1. The lowest BCUT2D eigenvalue weighted by Crippen LogP contribution is -2.01. The molecule has 1 aromatic heterocycles. The molecule has 2 aromatic carbocycles. The molecule has 0 fully saturated rings. The van der Waals surface area contributed by atoms with Crippen LogP contribution in [0.2, 0.25) is 0 Å². The Bertz CT molecular complexity index is 791. The van der Waals surface area contributed by atoms with Crippen molar-refractivity contribution in [1.29, 1.82) is 0 Å². The van der Waals surface area contributed by atoms with E-state index in [1.165, 1.54) is 11.6 Å². The second-order valence-electron chi connectivity index (χ2n) is 4.98. The first-order valence-electron chi connectivity index (χ1n) is 6.82. The van der Waals surface area contributed by atoms with Crippen LogP contribution in [-0.4, -0.2) is 9.55 Å². The van der Waals surface area contributed by atoms with Gasteiger partial charge in [-0.15, -0.1) is 0 Å². The molecular weight excluding hydrogens is 272 g/mol. The van der Waals surface area contributed by atoms with Crippen molar-refractivity contribution in [3.8, 4) is 5.69 Å². The van der Waals surface area contributed by atoms with Gasteiger partial charge >= 0.3 is 0 Å². The fourth-order valence-corrected chi connectivity index (χ4v) is 2.49. The summed E-state index contributed by atoms with van der Waals surface area (Å²) in [5.74, 6) is -1.22. The topological polar surface area (TPSA) is 43.8 Å². The minimum atomic E-state index is -0.710. The lowest BCUT2D eigenvalue weighted by Gasteiger charge is -2.08. The minimum absolute atomic E-state index is 0.0755. The van der Waals surface area contributed by atoms with Crippen molar-refractivity contribution in [3.05, 3.63) is 53.6 Å². The largest absolute Gasteiger partial charge is 0.369 e. The van der Waals surface area contributed by atoms with Crippen molar-refractivity contribution in [2.24, 2.45) is 0 Å². The molecule has 2 N–H and O–H groups in total. The van der Waals surface area contributed by atoms with Gasteiger partial charge in [0.1, 0.15) is 11.3 Å². The van der Waals surface area contributed by atoms with Crippen LogP contribution in [0.15, 0.2) is 36.4 Å². The van der Waals surface area contributed by atoms with E-state index in [2.05, 4.69) is 11.9 Å². The highest BCUT2D eigenvalue weighted by atomic mass is 19.1. The van der Waals surface area contributed by atoms with Crippen LogP contribution in [0.3, 0.4) is 0 Å². The normalized spacial score (nSPS) is 11.2. The quantitative estimate of drug-likeness (QED) is 0.795. The average Bonchev–Trinajstić information content (AvgIpc) is 2.77.